The number of amides is 2. The van der Waals surface area contributed by atoms with E-state index in [9.17, 15) is 19.8 Å². The van der Waals surface area contributed by atoms with Gasteiger partial charge in [0.25, 0.3) is 5.91 Å². The number of nitrogens with zero attached hydrogens (tertiary/aromatic N) is 5. The highest BCUT2D eigenvalue weighted by Crippen LogP contribution is 2.32. The summed E-state index contributed by atoms with van der Waals surface area (Å²) in [6.45, 7) is 4.41. The normalized spacial score (nSPS) is 27.4. The number of rotatable bonds is 5. The summed E-state index contributed by atoms with van der Waals surface area (Å²) in [4.78, 5) is 39.2. The SMILES string of the molecule is CCNC(=O)[C@H]1O[C@@H](n2cnc3c(N)nc(C#CCC4CCN(C(=O)OC5CCOC5)CC4)nc32)C(O)[C@H]1O. The van der Waals surface area contributed by atoms with Crippen LogP contribution in [-0.2, 0) is 19.0 Å². The van der Waals surface area contributed by atoms with E-state index in [0.29, 0.717) is 45.2 Å². The van der Waals surface area contributed by atoms with E-state index in [1.54, 1.807) is 11.8 Å². The molecule has 0 aliphatic carbocycles. The van der Waals surface area contributed by atoms with Crippen molar-refractivity contribution in [3.63, 3.8) is 0 Å². The number of anilines is 1. The summed E-state index contributed by atoms with van der Waals surface area (Å²) in [6, 6.07) is 0. The molecule has 2 amide bonds. The third kappa shape index (κ3) is 5.76. The number of hydrogen-bond donors (Lipinski definition) is 4. The Bertz CT molecular complexity index is 1260. The molecule has 5 atom stereocenters. The zero-order valence-electron chi connectivity index (χ0n) is 21.7. The summed E-state index contributed by atoms with van der Waals surface area (Å²) in [5.74, 6) is 6.14. The number of aliphatic hydroxyl groups is 2. The van der Waals surface area contributed by atoms with Crippen molar-refractivity contribution in [1.29, 1.82) is 0 Å². The van der Waals surface area contributed by atoms with E-state index in [-0.39, 0.29) is 35.0 Å². The summed E-state index contributed by atoms with van der Waals surface area (Å²) < 4.78 is 17.8. The number of nitrogens with two attached hydrogens (primary N) is 1. The van der Waals surface area contributed by atoms with Crippen LogP contribution in [0.5, 0.6) is 0 Å². The maximum atomic E-state index is 12.3. The predicted molar refractivity (Wildman–Crippen MR) is 136 cm³/mol. The minimum absolute atomic E-state index is 0.107. The lowest BCUT2D eigenvalue weighted by Gasteiger charge is -2.31. The first kappa shape index (κ1) is 27.1. The van der Waals surface area contributed by atoms with Gasteiger partial charge in [0.1, 0.15) is 23.8 Å². The van der Waals surface area contributed by atoms with Crippen molar-refractivity contribution >= 4 is 29.0 Å². The van der Waals surface area contributed by atoms with E-state index < -0.39 is 30.4 Å². The quantitative estimate of drug-likeness (QED) is 0.358. The van der Waals surface area contributed by atoms with Crippen molar-refractivity contribution in [2.75, 3.05) is 38.6 Å². The van der Waals surface area contributed by atoms with Crippen LogP contribution >= 0.6 is 0 Å². The second-order valence-corrected chi connectivity index (χ2v) is 9.89. The van der Waals surface area contributed by atoms with Gasteiger partial charge in [-0.25, -0.2) is 19.7 Å². The molecule has 2 aromatic heterocycles. The number of nitrogen functional groups attached to an aromatic ring is 1. The Hall–Kier alpha value is -3.51. The van der Waals surface area contributed by atoms with Crippen molar-refractivity contribution in [3.05, 3.63) is 12.2 Å². The lowest BCUT2D eigenvalue weighted by Crippen LogP contribution is -2.42. The number of imidazole rings is 1. The van der Waals surface area contributed by atoms with Crippen molar-refractivity contribution in [2.24, 2.45) is 5.92 Å². The standard InChI is InChI=1S/C25H33N7O7/c1-2-27-23(35)20-18(33)19(34)24(39-20)32-13-28-17-21(26)29-16(30-22(17)32)5-3-4-14-6-9-31(10-7-14)25(36)38-15-8-11-37-12-15/h13-15,18-20,24,33-34H,2,4,6-12H2,1H3,(H,27,35)(H2,26,29,30)/t15?,18-,19?,20+,24-/m1/s1. The number of ether oxygens (including phenoxy) is 3. The van der Waals surface area contributed by atoms with E-state index in [1.807, 2.05) is 0 Å². The summed E-state index contributed by atoms with van der Waals surface area (Å²) >= 11 is 0. The van der Waals surface area contributed by atoms with Crippen LogP contribution in [0.3, 0.4) is 0 Å². The minimum Gasteiger partial charge on any atom is -0.444 e. The molecule has 2 unspecified atom stereocenters. The van der Waals surface area contributed by atoms with Crippen LogP contribution in [0, 0.1) is 17.8 Å². The molecular formula is C25H33N7O7. The van der Waals surface area contributed by atoms with Crippen molar-refractivity contribution in [3.8, 4) is 11.8 Å². The first-order valence-corrected chi connectivity index (χ1v) is 13.2. The van der Waals surface area contributed by atoms with E-state index in [4.69, 9.17) is 19.9 Å². The molecule has 0 saturated carbocycles. The minimum atomic E-state index is -1.43. The summed E-state index contributed by atoms with van der Waals surface area (Å²) in [7, 11) is 0. The third-order valence-electron chi connectivity index (χ3n) is 7.19. The number of nitrogens with one attached hydrogen (secondary N) is 1. The third-order valence-corrected chi connectivity index (χ3v) is 7.19. The van der Waals surface area contributed by atoms with Gasteiger partial charge in [-0.1, -0.05) is 5.92 Å². The second-order valence-electron chi connectivity index (χ2n) is 9.89. The number of carbonyl (C=O) groups is 2. The Morgan fingerprint density at radius 2 is 2.03 bits per heavy atom. The van der Waals surface area contributed by atoms with Crippen LogP contribution in [0.2, 0.25) is 0 Å². The van der Waals surface area contributed by atoms with Gasteiger partial charge in [0.2, 0.25) is 5.82 Å². The lowest BCUT2D eigenvalue weighted by molar-refractivity contribution is -0.137. The molecule has 39 heavy (non-hydrogen) atoms. The Balaban J connectivity index is 1.22. The molecule has 0 aromatic carbocycles. The lowest BCUT2D eigenvalue weighted by atomic mass is 9.94. The Kier molecular flexibility index (Phi) is 8.12. The Morgan fingerprint density at radius 3 is 2.74 bits per heavy atom. The first-order chi connectivity index (χ1) is 18.9. The highest BCUT2D eigenvalue weighted by Gasteiger charge is 2.47. The number of fused-ring (bicyclic) bond motifs is 1. The molecule has 5 heterocycles. The molecule has 0 spiro atoms. The molecule has 5 N–H and O–H groups in total. The molecule has 0 bridgehead atoms. The number of hydrogen-bond acceptors (Lipinski definition) is 11. The van der Waals surface area contributed by atoms with Crippen LogP contribution in [0.4, 0.5) is 10.6 Å². The highest BCUT2D eigenvalue weighted by molar-refractivity contribution is 5.83. The predicted octanol–water partition coefficient (Wildman–Crippen LogP) is -0.457. The van der Waals surface area contributed by atoms with Gasteiger partial charge in [0.05, 0.1) is 19.5 Å². The van der Waals surface area contributed by atoms with Crippen molar-refractivity contribution < 1.29 is 34.0 Å². The van der Waals surface area contributed by atoms with Gasteiger partial charge in [0.15, 0.2) is 23.8 Å². The van der Waals surface area contributed by atoms with Crippen LogP contribution in [0.25, 0.3) is 11.2 Å². The summed E-state index contributed by atoms with van der Waals surface area (Å²) in [5, 5.41) is 23.5. The van der Waals surface area contributed by atoms with Gasteiger partial charge in [-0.05, 0) is 31.6 Å². The van der Waals surface area contributed by atoms with Gasteiger partial charge in [0, 0.05) is 32.5 Å². The summed E-state index contributed by atoms with van der Waals surface area (Å²) in [5.41, 5.74) is 6.64. The summed E-state index contributed by atoms with van der Waals surface area (Å²) in [6.07, 6.45) is -1.28. The van der Waals surface area contributed by atoms with Crippen LogP contribution < -0.4 is 11.1 Å². The average molecular weight is 544 g/mol. The molecule has 3 aliphatic heterocycles. The fourth-order valence-electron chi connectivity index (χ4n) is 4.98. The molecule has 14 nitrogen and oxygen atoms in total. The van der Waals surface area contributed by atoms with Crippen molar-refractivity contribution in [1.82, 2.24) is 29.7 Å². The molecule has 210 valence electrons. The molecule has 3 saturated heterocycles. The van der Waals surface area contributed by atoms with Crippen molar-refractivity contribution in [2.45, 2.75) is 63.3 Å². The van der Waals surface area contributed by atoms with Gasteiger partial charge in [-0.3, -0.25) is 9.36 Å². The van der Waals surface area contributed by atoms with Crippen LogP contribution in [-0.4, -0.2) is 104 Å². The molecule has 14 heteroatoms. The topological polar surface area (TPSA) is 187 Å². The number of likely N-dealkylation sites (N-methyl/N-ethyl adjacent to an activating group) is 1. The maximum absolute atomic E-state index is 12.3. The monoisotopic (exact) mass is 543 g/mol. The van der Waals surface area contributed by atoms with E-state index in [0.717, 1.165) is 19.3 Å². The van der Waals surface area contributed by atoms with Gasteiger partial charge >= 0.3 is 6.09 Å². The Morgan fingerprint density at radius 1 is 1.23 bits per heavy atom. The van der Waals surface area contributed by atoms with E-state index >= 15 is 0 Å². The molecule has 3 fully saturated rings. The molecule has 5 rings (SSSR count). The number of piperidine rings is 1. The fourth-order valence-corrected chi connectivity index (χ4v) is 4.98. The number of carbonyl (C=O) groups excluding carboxylic acids is 2. The Labute approximate surface area is 224 Å². The zero-order chi connectivity index (χ0) is 27.5. The van der Waals surface area contributed by atoms with E-state index in [1.165, 1.54) is 10.9 Å². The fraction of sp³-hybridized carbons (Fsp3) is 0.640. The highest BCUT2D eigenvalue weighted by atomic mass is 16.6. The number of likely N-dealkylation sites (tertiary alicyclic amines) is 1. The van der Waals surface area contributed by atoms with Crippen LogP contribution in [0.15, 0.2) is 6.33 Å². The smallest absolute Gasteiger partial charge is 0.410 e. The second kappa shape index (κ2) is 11.7. The van der Waals surface area contributed by atoms with Gasteiger partial charge in [-0.2, -0.15) is 0 Å². The van der Waals surface area contributed by atoms with Crippen LogP contribution in [0.1, 0.15) is 44.7 Å². The van der Waals surface area contributed by atoms with Gasteiger partial charge in [-0.15, -0.1) is 0 Å². The number of aromatic nitrogens is 4. The molecule has 0 radical (unpaired) electrons. The van der Waals surface area contributed by atoms with E-state index in [2.05, 4.69) is 32.1 Å². The maximum Gasteiger partial charge on any atom is 0.410 e. The first-order valence-electron chi connectivity index (χ1n) is 13.2. The largest absolute Gasteiger partial charge is 0.444 e. The average Bonchev–Trinajstić information content (AvgIpc) is 3.65. The molecular weight excluding hydrogens is 510 g/mol. The number of aliphatic hydroxyl groups excluding tert-OH is 2. The molecule has 2 aromatic rings. The van der Waals surface area contributed by atoms with Gasteiger partial charge < -0.3 is 40.4 Å². The molecule has 3 aliphatic rings. The zero-order valence-corrected chi connectivity index (χ0v) is 21.7.